The van der Waals surface area contributed by atoms with Crippen molar-refractivity contribution in [2.75, 3.05) is 0 Å². The van der Waals surface area contributed by atoms with Gasteiger partial charge in [0.25, 0.3) is 0 Å². The van der Waals surface area contributed by atoms with E-state index >= 15 is 0 Å². The first-order valence-corrected chi connectivity index (χ1v) is 7.36. The molecule has 2 aromatic rings. The second-order valence-corrected chi connectivity index (χ2v) is 6.25. The van der Waals surface area contributed by atoms with Crippen molar-refractivity contribution < 1.29 is 0 Å². The van der Waals surface area contributed by atoms with E-state index in [4.69, 9.17) is 5.73 Å². The molecule has 0 saturated heterocycles. The van der Waals surface area contributed by atoms with Crippen LogP contribution in [0, 0.1) is 6.92 Å². The molecule has 0 bridgehead atoms. The maximum absolute atomic E-state index is 6.36. The fraction of sp³-hybridized carbons (Fsp3) is 0.368. The third-order valence-corrected chi connectivity index (χ3v) is 4.37. The molecule has 0 amide bonds. The van der Waals surface area contributed by atoms with Crippen molar-refractivity contribution in [2.24, 2.45) is 5.73 Å². The van der Waals surface area contributed by atoms with Gasteiger partial charge in [0, 0.05) is 0 Å². The highest BCUT2D eigenvalue weighted by Crippen LogP contribution is 2.28. The molecule has 0 spiro atoms. The van der Waals surface area contributed by atoms with E-state index in [9.17, 15) is 0 Å². The second kappa shape index (κ2) is 5.80. The Bertz CT molecular complexity index is 549. The van der Waals surface area contributed by atoms with Crippen molar-refractivity contribution in [3.63, 3.8) is 0 Å². The summed E-state index contributed by atoms with van der Waals surface area (Å²) in [5, 5.41) is 0. The number of aryl methyl sites for hydroxylation is 1. The average molecular weight is 267 g/mol. The molecule has 20 heavy (non-hydrogen) atoms. The van der Waals surface area contributed by atoms with E-state index in [0.717, 1.165) is 12.0 Å². The number of rotatable bonds is 4. The van der Waals surface area contributed by atoms with Crippen LogP contribution in [0.2, 0.25) is 0 Å². The molecule has 2 N–H and O–H groups in total. The van der Waals surface area contributed by atoms with Gasteiger partial charge >= 0.3 is 0 Å². The second-order valence-electron chi connectivity index (χ2n) is 6.25. The molecule has 1 heteroatoms. The van der Waals surface area contributed by atoms with Gasteiger partial charge in [-0.25, -0.2) is 0 Å². The molecular weight excluding hydrogens is 242 g/mol. The Balaban J connectivity index is 2.23. The smallest absolute Gasteiger partial charge is 0.0551 e. The summed E-state index contributed by atoms with van der Waals surface area (Å²) in [5.41, 5.74) is 11.6. The average Bonchev–Trinajstić information content (AvgIpc) is 2.47. The summed E-state index contributed by atoms with van der Waals surface area (Å²) in [6.07, 6.45) is 1.14. The van der Waals surface area contributed by atoms with E-state index < -0.39 is 0 Å². The molecule has 0 fully saturated rings. The Morgan fingerprint density at radius 3 is 1.80 bits per heavy atom. The lowest BCUT2D eigenvalue weighted by atomic mass is 9.81. The first-order valence-electron chi connectivity index (χ1n) is 7.36. The van der Waals surface area contributed by atoms with Gasteiger partial charge < -0.3 is 5.73 Å². The molecule has 0 aliphatic carbocycles. The highest BCUT2D eigenvalue weighted by Gasteiger charge is 2.18. The summed E-state index contributed by atoms with van der Waals surface area (Å²) in [5.74, 6) is 0. The lowest BCUT2D eigenvalue weighted by molar-refractivity contribution is 0.506. The summed E-state index contributed by atoms with van der Waals surface area (Å²) < 4.78 is 0. The van der Waals surface area contributed by atoms with Crippen molar-refractivity contribution in [1.82, 2.24) is 0 Å². The summed E-state index contributed by atoms with van der Waals surface area (Å²) in [6.45, 7) is 8.88. The van der Waals surface area contributed by atoms with Gasteiger partial charge in [0.05, 0.1) is 6.04 Å². The van der Waals surface area contributed by atoms with Crippen LogP contribution in [0.15, 0.2) is 48.5 Å². The predicted octanol–water partition coefficient (Wildman–Crippen LogP) is 4.73. The quantitative estimate of drug-likeness (QED) is 0.851. The summed E-state index contributed by atoms with van der Waals surface area (Å²) in [7, 11) is 0. The zero-order valence-electron chi connectivity index (χ0n) is 13.0. The molecule has 0 saturated carbocycles. The Labute approximate surface area is 122 Å². The Morgan fingerprint density at radius 1 is 0.900 bits per heavy atom. The van der Waals surface area contributed by atoms with Gasteiger partial charge in [0.2, 0.25) is 0 Å². The minimum Gasteiger partial charge on any atom is -0.320 e. The third kappa shape index (κ3) is 3.10. The van der Waals surface area contributed by atoms with E-state index in [1.807, 2.05) is 0 Å². The maximum Gasteiger partial charge on any atom is 0.0551 e. The van der Waals surface area contributed by atoms with Crippen LogP contribution in [-0.2, 0) is 5.41 Å². The molecule has 1 unspecified atom stereocenters. The number of hydrogen-bond acceptors (Lipinski definition) is 1. The minimum absolute atomic E-state index is 0.0469. The molecule has 0 aliphatic heterocycles. The zero-order valence-corrected chi connectivity index (χ0v) is 13.0. The van der Waals surface area contributed by atoms with E-state index in [-0.39, 0.29) is 11.5 Å². The molecular formula is C19H25N. The normalized spacial score (nSPS) is 13.2. The van der Waals surface area contributed by atoms with Crippen LogP contribution in [0.3, 0.4) is 0 Å². The molecule has 2 rings (SSSR count). The zero-order chi connectivity index (χ0) is 14.8. The SMILES string of the molecule is CCC(C)(C)c1ccc(C(N)c2ccc(C)cc2)cc1. The fourth-order valence-electron chi connectivity index (χ4n) is 2.31. The Kier molecular flexibility index (Phi) is 4.29. The Hall–Kier alpha value is -1.60. The molecule has 106 valence electrons. The number of benzene rings is 2. The van der Waals surface area contributed by atoms with Crippen LogP contribution >= 0.6 is 0 Å². The molecule has 1 atom stereocenters. The van der Waals surface area contributed by atoms with Crippen molar-refractivity contribution >= 4 is 0 Å². The van der Waals surface area contributed by atoms with E-state index in [0.29, 0.717) is 0 Å². The third-order valence-electron chi connectivity index (χ3n) is 4.37. The van der Waals surface area contributed by atoms with Gasteiger partial charge in [-0.15, -0.1) is 0 Å². The summed E-state index contributed by atoms with van der Waals surface area (Å²) in [4.78, 5) is 0. The predicted molar refractivity (Wildman–Crippen MR) is 87.0 cm³/mol. The maximum atomic E-state index is 6.36. The highest BCUT2D eigenvalue weighted by molar-refractivity contribution is 5.36. The topological polar surface area (TPSA) is 26.0 Å². The minimum atomic E-state index is -0.0469. The van der Waals surface area contributed by atoms with Crippen LogP contribution in [0.5, 0.6) is 0 Å². The lowest BCUT2D eigenvalue weighted by Crippen LogP contribution is -2.16. The van der Waals surface area contributed by atoms with Gasteiger partial charge in [-0.1, -0.05) is 74.9 Å². The van der Waals surface area contributed by atoms with Crippen molar-refractivity contribution in [2.45, 2.75) is 45.6 Å². The van der Waals surface area contributed by atoms with Crippen LogP contribution in [0.4, 0.5) is 0 Å². The lowest BCUT2D eigenvalue weighted by Gasteiger charge is -2.24. The van der Waals surface area contributed by atoms with E-state index in [1.54, 1.807) is 0 Å². The molecule has 0 aromatic heterocycles. The number of hydrogen-bond donors (Lipinski definition) is 1. The first-order chi connectivity index (χ1) is 9.44. The van der Waals surface area contributed by atoms with Gasteiger partial charge in [-0.3, -0.25) is 0 Å². The van der Waals surface area contributed by atoms with Gasteiger partial charge in [0.1, 0.15) is 0 Å². The molecule has 0 heterocycles. The van der Waals surface area contributed by atoms with Crippen LogP contribution in [-0.4, -0.2) is 0 Å². The van der Waals surface area contributed by atoms with E-state index in [1.165, 1.54) is 16.7 Å². The molecule has 0 aliphatic rings. The standard InChI is InChI=1S/C19H25N/c1-5-19(3,4)17-12-10-16(11-13-17)18(20)15-8-6-14(2)7-9-15/h6-13,18H,5,20H2,1-4H3. The van der Waals surface area contributed by atoms with Gasteiger partial charge in [-0.05, 0) is 35.4 Å². The van der Waals surface area contributed by atoms with Crippen LogP contribution in [0.25, 0.3) is 0 Å². The molecule has 1 nitrogen and oxygen atoms in total. The van der Waals surface area contributed by atoms with Crippen molar-refractivity contribution in [1.29, 1.82) is 0 Å². The van der Waals surface area contributed by atoms with Gasteiger partial charge in [-0.2, -0.15) is 0 Å². The van der Waals surface area contributed by atoms with Crippen LogP contribution in [0.1, 0.15) is 55.5 Å². The molecule has 2 aromatic carbocycles. The Morgan fingerprint density at radius 2 is 1.35 bits per heavy atom. The number of nitrogens with two attached hydrogens (primary N) is 1. The van der Waals surface area contributed by atoms with E-state index in [2.05, 4.69) is 76.2 Å². The first kappa shape index (κ1) is 14.8. The monoisotopic (exact) mass is 267 g/mol. The molecule has 0 radical (unpaired) electrons. The van der Waals surface area contributed by atoms with Crippen LogP contribution < -0.4 is 5.73 Å². The fourth-order valence-corrected chi connectivity index (χ4v) is 2.31. The van der Waals surface area contributed by atoms with Crippen molar-refractivity contribution in [3.8, 4) is 0 Å². The van der Waals surface area contributed by atoms with Gasteiger partial charge in [0.15, 0.2) is 0 Å². The highest BCUT2D eigenvalue weighted by atomic mass is 14.6. The van der Waals surface area contributed by atoms with Crippen molar-refractivity contribution in [3.05, 3.63) is 70.8 Å². The largest absolute Gasteiger partial charge is 0.320 e. The summed E-state index contributed by atoms with van der Waals surface area (Å²) in [6, 6.07) is 17.2. The summed E-state index contributed by atoms with van der Waals surface area (Å²) >= 11 is 0.